The summed E-state index contributed by atoms with van der Waals surface area (Å²) in [4.78, 5) is 26.9. The Bertz CT molecular complexity index is 219. The summed E-state index contributed by atoms with van der Waals surface area (Å²) in [6.07, 6.45) is 0.925. The molecule has 6 nitrogen and oxygen atoms in total. The van der Waals surface area contributed by atoms with E-state index in [1.165, 1.54) is 0 Å². The van der Waals surface area contributed by atoms with Gasteiger partial charge in [-0.3, -0.25) is 14.4 Å². The molecule has 1 saturated heterocycles. The normalized spacial score (nSPS) is 20.6. The fourth-order valence-electron chi connectivity index (χ4n) is 1.13. The highest BCUT2D eigenvalue weighted by molar-refractivity contribution is 5.90. The number of ether oxygens (including phenoxy) is 1. The van der Waals surface area contributed by atoms with E-state index in [2.05, 4.69) is 10.8 Å². The van der Waals surface area contributed by atoms with Crippen LogP contribution in [0, 0.1) is 0 Å². The Labute approximate surface area is 81.9 Å². The van der Waals surface area contributed by atoms with E-state index in [0.717, 1.165) is 0 Å². The zero-order chi connectivity index (χ0) is 10.4. The van der Waals surface area contributed by atoms with Gasteiger partial charge < -0.3 is 10.1 Å². The smallest absolute Gasteiger partial charge is 0.266 e. The summed E-state index contributed by atoms with van der Waals surface area (Å²) < 4.78 is 4.72. The van der Waals surface area contributed by atoms with Crippen molar-refractivity contribution in [1.82, 2.24) is 10.8 Å². The Morgan fingerprint density at radius 2 is 2.43 bits per heavy atom. The molecule has 2 amide bonds. The summed E-state index contributed by atoms with van der Waals surface area (Å²) in [5.41, 5.74) is 2.25. The van der Waals surface area contributed by atoms with Crippen LogP contribution in [-0.2, 0) is 19.2 Å². The number of methoxy groups -OCH3 is 1. The molecule has 1 fully saturated rings. The van der Waals surface area contributed by atoms with Crippen LogP contribution >= 0.6 is 0 Å². The maximum absolute atomic E-state index is 11.3. The lowest BCUT2D eigenvalue weighted by molar-refractivity contribution is -0.137. The van der Waals surface area contributed by atoms with Gasteiger partial charge >= 0.3 is 0 Å². The van der Waals surface area contributed by atoms with Crippen molar-refractivity contribution < 1.29 is 19.2 Å². The van der Waals surface area contributed by atoms with Gasteiger partial charge in [0.2, 0.25) is 5.91 Å². The molecule has 2 N–H and O–H groups in total. The third-order valence-electron chi connectivity index (χ3n) is 1.87. The van der Waals surface area contributed by atoms with E-state index in [1.54, 1.807) is 7.11 Å². The first-order valence-corrected chi connectivity index (χ1v) is 4.44. The highest BCUT2D eigenvalue weighted by atomic mass is 16.7. The van der Waals surface area contributed by atoms with Gasteiger partial charge in [0.25, 0.3) is 5.91 Å². The minimum atomic E-state index is -0.454. The Hall–Kier alpha value is -1.14. The van der Waals surface area contributed by atoms with Gasteiger partial charge in [-0.2, -0.15) is 0 Å². The van der Waals surface area contributed by atoms with Crippen molar-refractivity contribution in [2.75, 3.05) is 20.3 Å². The van der Waals surface area contributed by atoms with E-state index in [4.69, 9.17) is 9.57 Å². The summed E-state index contributed by atoms with van der Waals surface area (Å²) >= 11 is 0. The molecule has 0 aromatic heterocycles. The maximum atomic E-state index is 11.3. The number of rotatable bonds is 5. The molecule has 0 saturated carbocycles. The lowest BCUT2D eigenvalue weighted by atomic mass is 10.2. The number of amides is 2. The second kappa shape index (κ2) is 5.56. The van der Waals surface area contributed by atoms with Crippen molar-refractivity contribution >= 4 is 11.8 Å². The third-order valence-corrected chi connectivity index (χ3v) is 1.87. The first-order valence-electron chi connectivity index (χ1n) is 4.44. The highest BCUT2D eigenvalue weighted by Crippen LogP contribution is 2.05. The molecule has 0 aliphatic carbocycles. The molecule has 1 aliphatic rings. The molecule has 0 aromatic rings. The largest absolute Gasteiger partial charge is 0.382 e. The van der Waals surface area contributed by atoms with Gasteiger partial charge in [-0.1, -0.05) is 0 Å². The molecule has 6 heteroatoms. The number of nitrogens with one attached hydrogen (secondary N) is 2. The molecular formula is C8H14N2O4. The first kappa shape index (κ1) is 10.9. The number of carbonyl (C=O) groups is 2. The van der Waals surface area contributed by atoms with E-state index in [-0.39, 0.29) is 11.8 Å². The van der Waals surface area contributed by atoms with Crippen LogP contribution in [0.3, 0.4) is 0 Å². The van der Waals surface area contributed by atoms with E-state index >= 15 is 0 Å². The number of carbonyl (C=O) groups excluding carboxylic acids is 2. The van der Waals surface area contributed by atoms with E-state index in [1.807, 2.05) is 0 Å². The Kier molecular flexibility index (Phi) is 4.34. The zero-order valence-electron chi connectivity index (χ0n) is 8.04. The number of hydrogen-bond acceptors (Lipinski definition) is 4. The minimum Gasteiger partial charge on any atom is -0.382 e. The van der Waals surface area contributed by atoms with Crippen molar-refractivity contribution in [2.45, 2.75) is 18.9 Å². The van der Waals surface area contributed by atoms with Crippen LogP contribution in [0.25, 0.3) is 0 Å². The molecule has 1 unspecified atom stereocenters. The Morgan fingerprint density at radius 1 is 1.64 bits per heavy atom. The van der Waals surface area contributed by atoms with Crippen molar-refractivity contribution in [3.63, 3.8) is 0 Å². The highest BCUT2D eigenvalue weighted by Gasteiger charge is 2.27. The molecule has 80 valence electrons. The molecule has 1 heterocycles. The Balaban J connectivity index is 2.12. The SMILES string of the molecule is COCCONC(=O)C1CCC(=O)N1. The van der Waals surface area contributed by atoms with Gasteiger partial charge in [-0.15, -0.1) is 0 Å². The van der Waals surface area contributed by atoms with E-state index in [0.29, 0.717) is 26.1 Å². The quantitative estimate of drug-likeness (QED) is 0.441. The van der Waals surface area contributed by atoms with Crippen LogP contribution in [0.5, 0.6) is 0 Å². The predicted molar refractivity (Wildman–Crippen MR) is 47.1 cm³/mol. The predicted octanol–water partition coefficient (Wildman–Crippen LogP) is -1.04. The van der Waals surface area contributed by atoms with Crippen LogP contribution < -0.4 is 10.8 Å². The van der Waals surface area contributed by atoms with E-state index < -0.39 is 6.04 Å². The summed E-state index contributed by atoms with van der Waals surface area (Å²) in [5.74, 6) is -0.408. The summed E-state index contributed by atoms with van der Waals surface area (Å²) in [6.45, 7) is 0.709. The van der Waals surface area contributed by atoms with Gasteiger partial charge in [0.1, 0.15) is 6.04 Å². The molecule has 1 atom stereocenters. The van der Waals surface area contributed by atoms with Crippen LogP contribution in [-0.4, -0.2) is 38.2 Å². The van der Waals surface area contributed by atoms with Crippen LogP contribution in [0.15, 0.2) is 0 Å². The molecule has 0 radical (unpaired) electrons. The number of hydroxylamine groups is 1. The van der Waals surface area contributed by atoms with E-state index in [9.17, 15) is 9.59 Å². The van der Waals surface area contributed by atoms with Crippen LogP contribution in [0.4, 0.5) is 0 Å². The summed E-state index contributed by atoms with van der Waals surface area (Å²) in [7, 11) is 1.54. The third kappa shape index (κ3) is 3.31. The first-order chi connectivity index (χ1) is 6.74. The topological polar surface area (TPSA) is 76.7 Å². The monoisotopic (exact) mass is 202 g/mol. The molecule has 1 aliphatic heterocycles. The van der Waals surface area contributed by atoms with Crippen molar-refractivity contribution in [2.24, 2.45) is 0 Å². The fourth-order valence-corrected chi connectivity index (χ4v) is 1.13. The lowest BCUT2D eigenvalue weighted by Crippen LogP contribution is -2.41. The molecular weight excluding hydrogens is 188 g/mol. The molecule has 0 bridgehead atoms. The minimum absolute atomic E-state index is 0.0953. The fraction of sp³-hybridized carbons (Fsp3) is 0.750. The number of hydrogen-bond donors (Lipinski definition) is 2. The van der Waals surface area contributed by atoms with Gasteiger partial charge in [0.15, 0.2) is 0 Å². The average molecular weight is 202 g/mol. The lowest BCUT2D eigenvalue weighted by Gasteiger charge is -2.10. The standard InChI is InChI=1S/C8H14N2O4/c1-13-4-5-14-10-8(12)6-2-3-7(11)9-6/h6H,2-5H2,1H3,(H,9,11)(H,10,12). The molecule has 14 heavy (non-hydrogen) atoms. The van der Waals surface area contributed by atoms with Gasteiger partial charge in [-0.05, 0) is 6.42 Å². The summed E-state index contributed by atoms with van der Waals surface area (Å²) in [5, 5.41) is 2.53. The second-order valence-electron chi connectivity index (χ2n) is 2.97. The molecule has 0 spiro atoms. The van der Waals surface area contributed by atoms with Crippen molar-refractivity contribution in [1.29, 1.82) is 0 Å². The molecule has 1 rings (SSSR count). The van der Waals surface area contributed by atoms with Crippen LogP contribution in [0.2, 0.25) is 0 Å². The van der Waals surface area contributed by atoms with Gasteiger partial charge in [0, 0.05) is 13.5 Å². The van der Waals surface area contributed by atoms with Crippen LogP contribution in [0.1, 0.15) is 12.8 Å². The van der Waals surface area contributed by atoms with Gasteiger partial charge in [0.05, 0.1) is 13.2 Å². The van der Waals surface area contributed by atoms with Gasteiger partial charge in [-0.25, -0.2) is 5.48 Å². The zero-order valence-corrected chi connectivity index (χ0v) is 8.04. The molecule has 0 aromatic carbocycles. The van der Waals surface area contributed by atoms with Crippen molar-refractivity contribution in [3.8, 4) is 0 Å². The Morgan fingerprint density at radius 3 is 3.00 bits per heavy atom. The maximum Gasteiger partial charge on any atom is 0.266 e. The van der Waals surface area contributed by atoms with Crippen molar-refractivity contribution in [3.05, 3.63) is 0 Å². The average Bonchev–Trinajstić information content (AvgIpc) is 2.59. The summed E-state index contributed by atoms with van der Waals surface area (Å²) in [6, 6.07) is -0.454. The second-order valence-corrected chi connectivity index (χ2v) is 2.97.